The number of aryl methyl sites for hydroxylation is 1. The number of ketones is 1. The molecule has 0 aromatic heterocycles. The molecule has 1 aromatic rings. The summed E-state index contributed by atoms with van der Waals surface area (Å²) in [5, 5.41) is 8.77. The summed E-state index contributed by atoms with van der Waals surface area (Å²) in [5.41, 5.74) is 2.09. The molecule has 1 amide bonds. The van der Waals surface area contributed by atoms with Crippen LogP contribution in [-0.4, -0.2) is 29.9 Å². The molecule has 16 heavy (non-hydrogen) atoms. The number of hydrogen-bond donors (Lipinski definition) is 1. The number of aliphatic hydroxyl groups is 1. The van der Waals surface area contributed by atoms with Crippen LogP contribution in [0.4, 0.5) is 5.69 Å². The molecule has 0 spiro atoms. The Labute approximate surface area is 93.5 Å². The summed E-state index contributed by atoms with van der Waals surface area (Å²) in [7, 11) is 0. The van der Waals surface area contributed by atoms with Crippen LogP contribution in [0.25, 0.3) is 0 Å². The zero-order valence-corrected chi connectivity index (χ0v) is 9.06. The van der Waals surface area contributed by atoms with Crippen molar-refractivity contribution in [1.29, 1.82) is 0 Å². The minimum absolute atomic E-state index is 0.0131. The standard InChI is InChI=1S/C12H13NO3/c1-8-4-2-5-9-10(8)13(6-3-7-14)12(16)11(9)15/h2,4-5,14H,3,6-7H2,1H3. The second-order valence-electron chi connectivity index (χ2n) is 3.83. The lowest BCUT2D eigenvalue weighted by Gasteiger charge is -2.17. The van der Waals surface area contributed by atoms with Crippen molar-refractivity contribution in [1.82, 2.24) is 0 Å². The molecule has 4 heteroatoms. The number of carbonyl (C=O) groups is 2. The van der Waals surface area contributed by atoms with Gasteiger partial charge >= 0.3 is 0 Å². The van der Waals surface area contributed by atoms with Crippen LogP contribution in [0.3, 0.4) is 0 Å². The van der Waals surface area contributed by atoms with Crippen LogP contribution in [0.15, 0.2) is 18.2 Å². The lowest BCUT2D eigenvalue weighted by atomic mass is 10.1. The van der Waals surface area contributed by atoms with Crippen molar-refractivity contribution in [3.63, 3.8) is 0 Å². The highest BCUT2D eigenvalue weighted by Gasteiger charge is 2.36. The number of benzene rings is 1. The Balaban J connectivity index is 2.43. The van der Waals surface area contributed by atoms with E-state index < -0.39 is 11.7 Å². The van der Waals surface area contributed by atoms with Gasteiger partial charge in [-0.05, 0) is 25.0 Å². The topological polar surface area (TPSA) is 57.6 Å². The number of fused-ring (bicyclic) bond motifs is 1. The summed E-state index contributed by atoms with van der Waals surface area (Å²) < 4.78 is 0. The molecule has 1 aliphatic rings. The minimum atomic E-state index is -0.488. The van der Waals surface area contributed by atoms with E-state index >= 15 is 0 Å². The predicted molar refractivity (Wildman–Crippen MR) is 59.6 cm³/mol. The van der Waals surface area contributed by atoms with E-state index in [-0.39, 0.29) is 6.61 Å². The van der Waals surface area contributed by atoms with Gasteiger partial charge < -0.3 is 10.0 Å². The molecule has 0 aliphatic carbocycles. The van der Waals surface area contributed by atoms with Gasteiger partial charge in [-0.25, -0.2) is 0 Å². The van der Waals surface area contributed by atoms with E-state index in [2.05, 4.69) is 0 Å². The molecule has 1 heterocycles. The van der Waals surface area contributed by atoms with Gasteiger partial charge in [0, 0.05) is 13.2 Å². The number of hydrogen-bond acceptors (Lipinski definition) is 3. The smallest absolute Gasteiger partial charge is 0.299 e. The second-order valence-corrected chi connectivity index (χ2v) is 3.83. The Morgan fingerprint density at radius 2 is 2.06 bits per heavy atom. The predicted octanol–water partition coefficient (Wildman–Crippen LogP) is 0.907. The summed E-state index contributed by atoms with van der Waals surface area (Å²) in [6.45, 7) is 2.27. The molecule has 0 radical (unpaired) electrons. The van der Waals surface area contributed by atoms with Gasteiger partial charge in [0.25, 0.3) is 11.7 Å². The number of nitrogens with zero attached hydrogens (tertiary/aromatic N) is 1. The highest BCUT2D eigenvalue weighted by atomic mass is 16.3. The summed E-state index contributed by atoms with van der Waals surface area (Å²) in [4.78, 5) is 24.8. The fourth-order valence-electron chi connectivity index (χ4n) is 1.98. The maximum Gasteiger partial charge on any atom is 0.299 e. The van der Waals surface area contributed by atoms with E-state index in [1.165, 1.54) is 4.90 Å². The maximum atomic E-state index is 11.7. The first-order valence-corrected chi connectivity index (χ1v) is 5.23. The molecular formula is C12H13NO3. The van der Waals surface area contributed by atoms with Crippen molar-refractivity contribution >= 4 is 17.4 Å². The summed E-state index contributed by atoms with van der Waals surface area (Å²) >= 11 is 0. The van der Waals surface area contributed by atoms with Crippen LogP contribution in [0.5, 0.6) is 0 Å². The first kappa shape index (κ1) is 10.8. The van der Waals surface area contributed by atoms with Crippen molar-refractivity contribution in [2.75, 3.05) is 18.1 Å². The molecule has 1 N–H and O–H groups in total. The second kappa shape index (κ2) is 4.06. The van der Waals surface area contributed by atoms with Gasteiger partial charge in [0.1, 0.15) is 0 Å². The molecule has 1 aliphatic heterocycles. The number of Topliss-reactive ketones (excluding diaryl/α,β-unsaturated/α-hetero) is 1. The average Bonchev–Trinajstić information content (AvgIpc) is 2.52. The molecular weight excluding hydrogens is 206 g/mol. The van der Waals surface area contributed by atoms with Crippen LogP contribution < -0.4 is 4.90 Å². The molecule has 1 aromatic carbocycles. The van der Waals surface area contributed by atoms with Crippen molar-refractivity contribution in [3.05, 3.63) is 29.3 Å². The number of para-hydroxylation sites is 1. The Morgan fingerprint density at radius 3 is 2.75 bits per heavy atom. The van der Waals surface area contributed by atoms with E-state index in [1.54, 1.807) is 12.1 Å². The Kier molecular flexibility index (Phi) is 2.75. The number of anilines is 1. The third kappa shape index (κ3) is 1.51. The summed E-state index contributed by atoms with van der Waals surface area (Å²) in [5.74, 6) is -0.936. The maximum absolute atomic E-state index is 11.7. The molecule has 0 saturated carbocycles. The van der Waals surface area contributed by atoms with Gasteiger partial charge in [0.2, 0.25) is 0 Å². The van der Waals surface area contributed by atoms with Gasteiger partial charge in [0.05, 0.1) is 11.3 Å². The van der Waals surface area contributed by atoms with Gasteiger partial charge in [-0.2, -0.15) is 0 Å². The zero-order chi connectivity index (χ0) is 11.7. The highest BCUT2D eigenvalue weighted by Crippen LogP contribution is 2.31. The fraction of sp³-hybridized carbons (Fsp3) is 0.333. The van der Waals surface area contributed by atoms with Crippen LogP contribution >= 0.6 is 0 Å². The van der Waals surface area contributed by atoms with Crippen LogP contribution in [0.1, 0.15) is 22.3 Å². The van der Waals surface area contributed by atoms with E-state index in [1.807, 2.05) is 13.0 Å². The monoisotopic (exact) mass is 219 g/mol. The van der Waals surface area contributed by atoms with Crippen LogP contribution in [0, 0.1) is 6.92 Å². The molecule has 0 saturated heterocycles. The third-order valence-electron chi connectivity index (χ3n) is 2.73. The van der Waals surface area contributed by atoms with Gasteiger partial charge in [-0.3, -0.25) is 9.59 Å². The Hall–Kier alpha value is -1.68. The molecule has 0 bridgehead atoms. The van der Waals surface area contributed by atoms with E-state index in [0.717, 1.165) is 5.56 Å². The van der Waals surface area contributed by atoms with Crippen molar-refractivity contribution in [3.8, 4) is 0 Å². The van der Waals surface area contributed by atoms with Crippen molar-refractivity contribution in [2.45, 2.75) is 13.3 Å². The van der Waals surface area contributed by atoms with Crippen molar-refractivity contribution in [2.24, 2.45) is 0 Å². The molecule has 0 atom stereocenters. The van der Waals surface area contributed by atoms with Gasteiger partial charge in [-0.1, -0.05) is 12.1 Å². The lowest BCUT2D eigenvalue weighted by molar-refractivity contribution is -0.114. The first-order valence-electron chi connectivity index (χ1n) is 5.23. The number of rotatable bonds is 3. The zero-order valence-electron chi connectivity index (χ0n) is 9.06. The normalized spacial score (nSPS) is 14.5. The SMILES string of the molecule is Cc1cccc2c1N(CCCO)C(=O)C2=O. The van der Waals surface area contributed by atoms with E-state index in [4.69, 9.17) is 5.11 Å². The number of carbonyl (C=O) groups excluding carboxylic acids is 2. The summed E-state index contributed by atoms with van der Waals surface area (Å²) in [6.07, 6.45) is 0.479. The third-order valence-corrected chi connectivity index (χ3v) is 2.73. The first-order chi connectivity index (χ1) is 7.66. The van der Waals surface area contributed by atoms with Crippen LogP contribution in [0.2, 0.25) is 0 Å². The molecule has 0 unspecified atom stereocenters. The summed E-state index contributed by atoms with van der Waals surface area (Å²) in [6, 6.07) is 5.31. The number of aliphatic hydroxyl groups excluding tert-OH is 1. The fourth-order valence-corrected chi connectivity index (χ4v) is 1.98. The average molecular weight is 219 g/mol. The number of amides is 1. The van der Waals surface area contributed by atoms with Crippen molar-refractivity contribution < 1.29 is 14.7 Å². The van der Waals surface area contributed by atoms with Gasteiger partial charge in [0.15, 0.2) is 0 Å². The Morgan fingerprint density at radius 1 is 1.31 bits per heavy atom. The van der Waals surface area contributed by atoms with E-state index in [9.17, 15) is 9.59 Å². The largest absolute Gasteiger partial charge is 0.396 e. The minimum Gasteiger partial charge on any atom is -0.396 e. The quantitative estimate of drug-likeness (QED) is 0.769. The molecule has 4 nitrogen and oxygen atoms in total. The molecule has 2 rings (SSSR count). The molecule has 84 valence electrons. The van der Waals surface area contributed by atoms with Crippen LogP contribution in [-0.2, 0) is 4.79 Å². The molecule has 0 fully saturated rings. The van der Waals surface area contributed by atoms with E-state index in [0.29, 0.717) is 24.2 Å². The Bertz CT molecular complexity index is 454. The lowest BCUT2D eigenvalue weighted by Crippen LogP contribution is -2.31. The van der Waals surface area contributed by atoms with Gasteiger partial charge in [-0.15, -0.1) is 0 Å². The highest BCUT2D eigenvalue weighted by molar-refractivity contribution is 6.52.